The van der Waals surface area contributed by atoms with Crippen LogP contribution in [0.1, 0.15) is 49.5 Å². The van der Waals surface area contributed by atoms with Crippen molar-refractivity contribution < 1.29 is 19.4 Å². The molecule has 4 nitrogen and oxygen atoms in total. The average Bonchev–Trinajstić information content (AvgIpc) is 3.27. The number of ether oxygens (including phenoxy) is 2. The summed E-state index contributed by atoms with van der Waals surface area (Å²) in [6.45, 7) is 5.54. The highest BCUT2D eigenvalue weighted by molar-refractivity contribution is 5.90. The summed E-state index contributed by atoms with van der Waals surface area (Å²) in [5.74, 6) is 6.86. The van der Waals surface area contributed by atoms with E-state index in [1.165, 1.54) is 0 Å². The van der Waals surface area contributed by atoms with Crippen LogP contribution >= 0.6 is 0 Å². The second kappa shape index (κ2) is 6.85. The van der Waals surface area contributed by atoms with Crippen molar-refractivity contribution in [2.24, 2.45) is 5.92 Å². The first-order chi connectivity index (χ1) is 10.4. The molecule has 0 aromatic heterocycles. The molecular weight excluding hydrogens is 280 g/mol. The number of hydrogen-bond acceptors (Lipinski definition) is 4. The quantitative estimate of drug-likeness (QED) is 0.671. The fourth-order valence-electron chi connectivity index (χ4n) is 1.75. The van der Waals surface area contributed by atoms with Gasteiger partial charge in [0.2, 0.25) is 0 Å². The molecule has 0 atom stereocenters. The predicted octanol–water partition coefficient (Wildman–Crippen LogP) is 2.77. The molecule has 1 aliphatic rings. The Balaban J connectivity index is 2.24. The SMILES string of the molecule is CCOC(=O)c1ccc(C#CC2CC2)c(OCC(C)(C)O)c1. The van der Waals surface area contributed by atoms with Gasteiger partial charge in [-0.2, -0.15) is 0 Å². The summed E-state index contributed by atoms with van der Waals surface area (Å²) >= 11 is 0. The van der Waals surface area contributed by atoms with Crippen LogP contribution in [-0.2, 0) is 4.74 Å². The maximum atomic E-state index is 11.8. The van der Waals surface area contributed by atoms with Crippen molar-refractivity contribution in [2.45, 2.75) is 39.2 Å². The van der Waals surface area contributed by atoms with Crippen LogP contribution in [0.25, 0.3) is 0 Å². The molecule has 1 saturated carbocycles. The van der Waals surface area contributed by atoms with Gasteiger partial charge in [-0.05, 0) is 51.8 Å². The standard InChI is InChI=1S/C18H22O4/c1-4-21-17(19)15-10-9-14(8-7-13-5-6-13)16(11-15)22-12-18(2,3)20/h9-11,13,20H,4-6,12H2,1-3H3. The smallest absolute Gasteiger partial charge is 0.338 e. The zero-order chi connectivity index (χ0) is 16.2. The molecule has 0 unspecified atom stereocenters. The van der Waals surface area contributed by atoms with Crippen LogP contribution in [0.15, 0.2) is 18.2 Å². The number of hydrogen-bond donors (Lipinski definition) is 1. The molecule has 0 saturated heterocycles. The van der Waals surface area contributed by atoms with E-state index < -0.39 is 11.6 Å². The molecule has 22 heavy (non-hydrogen) atoms. The maximum Gasteiger partial charge on any atom is 0.338 e. The van der Waals surface area contributed by atoms with Crippen LogP contribution < -0.4 is 4.74 Å². The fourth-order valence-corrected chi connectivity index (χ4v) is 1.75. The van der Waals surface area contributed by atoms with E-state index in [2.05, 4.69) is 11.8 Å². The van der Waals surface area contributed by atoms with Crippen LogP contribution in [0.2, 0.25) is 0 Å². The number of rotatable bonds is 5. The molecule has 1 aromatic rings. The average molecular weight is 302 g/mol. The van der Waals surface area contributed by atoms with E-state index in [0.29, 0.717) is 23.8 Å². The molecule has 0 aliphatic heterocycles. The van der Waals surface area contributed by atoms with E-state index in [1.54, 1.807) is 39.0 Å². The lowest BCUT2D eigenvalue weighted by atomic mass is 10.1. The second-order valence-electron chi connectivity index (χ2n) is 6.08. The van der Waals surface area contributed by atoms with Crippen LogP contribution in [0.5, 0.6) is 5.75 Å². The minimum atomic E-state index is -0.957. The van der Waals surface area contributed by atoms with Crippen LogP contribution in [-0.4, -0.2) is 29.9 Å². The molecule has 0 radical (unpaired) electrons. The van der Waals surface area contributed by atoms with Crippen LogP contribution in [0.4, 0.5) is 0 Å². The fraction of sp³-hybridized carbons (Fsp3) is 0.500. The number of benzene rings is 1. The highest BCUT2D eigenvalue weighted by Gasteiger charge is 2.19. The van der Waals surface area contributed by atoms with Crippen LogP contribution in [0.3, 0.4) is 0 Å². The van der Waals surface area contributed by atoms with E-state index in [4.69, 9.17) is 9.47 Å². The summed E-state index contributed by atoms with van der Waals surface area (Å²) in [5, 5.41) is 9.81. The third-order valence-corrected chi connectivity index (χ3v) is 3.06. The molecule has 4 heteroatoms. The lowest BCUT2D eigenvalue weighted by molar-refractivity contribution is 0.0283. The second-order valence-corrected chi connectivity index (χ2v) is 6.08. The molecule has 0 bridgehead atoms. The lowest BCUT2D eigenvalue weighted by Crippen LogP contribution is -2.28. The maximum absolute atomic E-state index is 11.8. The highest BCUT2D eigenvalue weighted by atomic mass is 16.5. The van der Waals surface area contributed by atoms with Gasteiger partial charge in [-0.15, -0.1) is 0 Å². The molecule has 1 N–H and O–H groups in total. The lowest BCUT2D eigenvalue weighted by Gasteiger charge is -2.19. The molecule has 0 heterocycles. The largest absolute Gasteiger partial charge is 0.489 e. The van der Waals surface area contributed by atoms with Crippen molar-refractivity contribution in [3.05, 3.63) is 29.3 Å². The first-order valence-electron chi connectivity index (χ1n) is 7.57. The van der Waals surface area contributed by atoms with E-state index >= 15 is 0 Å². The highest BCUT2D eigenvalue weighted by Crippen LogP contribution is 2.28. The summed E-state index contributed by atoms with van der Waals surface area (Å²) in [6, 6.07) is 5.08. The van der Waals surface area contributed by atoms with Gasteiger partial charge in [-0.3, -0.25) is 0 Å². The van der Waals surface area contributed by atoms with Crippen molar-refractivity contribution in [3.8, 4) is 17.6 Å². The van der Waals surface area contributed by atoms with Gasteiger partial charge in [-0.25, -0.2) is 4.79 Å². The first kappa shape index (κ1) is 16.4. The third-order valence-electron chi connectivity index (χ3n) is 3.06. The van der Waals surface area contributed by atoms with Gasteiger partial charge in [0.1, 0.15) is 12.4 Å². The minimum Gasteiger partial charge on any atom is -0.489 e. The molecule has 118 valence electrons. The summed E-state index contributed by atoms with van der Waals surface area (Å²) < 4.78 is 10.7. The molecule has 1 fully saturated rings. The Bertz CT molecular complexity index is 598. The van der Waals surface area contributed by atoms with Crippen molar-refractivity contribution in [1.29, 1.82) is 0 Å². The molecule has 0 amide bonds. The topological polar surface area (TPSA) is 55.8 Å². The Hall–Kier alpha value is -1.99. The molecule has 1 aliphatic carbocycles. The van der Waals surface area contributed by atoms with Gasteiger partial charge in [0.05, 0.1) is 23.3 Å². The summed E-state index contributed by atoms with van der Waals surface area (Å²) in [4.78, 5) is 11.8. The zero-order valence-electron chi connectivity index (χ0n) is 13.3. The minimum absolute atomic E-state index is 0.122. The Kier molecular flexibility index (Phi) is 5.10. The van der Waals surface area contributed by atoms with Gasteiger partial charge in [0, 0.05) is 5.92 Å². The zero-order valence-corrected chi connectivity index (χ0v) is 13.3. The van der Waals surface area contributed by atoms with Gasteiger partial charge in [0.15, 0.2) is 0 Å². The molecular formula is C18H22O4. The monoisotopic (exact) mass is 302 g/mol. The summed E-state index contributed by atoms with van der Waals surface area (Å²) in [5.41, 5.74) is 0.190. The Morgan fingerprint density at radius 2 is 2.14 bits per heavy atom. The molecule has 1 aromatic carbocycles. The molecule has 2 rings (SSSR count). The Morgan fingerprint density at radius 1 is 1.41 bits per heavy atom. The van der Waals surface area contributed by atoms with Gasteiger partial charge < -0.3 is 14.6 Å². The third kappa shape index (κ3) is 5.09. The number of esters is 1. The Labute approximate surface area is 131 Å². The summed E-state index contributed by atoms with van der Waals surface area (Å²) in [6.07, 6.45) is 2.29. The number of carbonyl (C=O) groups excluding carboxylic acids is 1. The molecule has 0 spiro atoms. The number of aliphatic hydroxyl groups is 1. The van der Waals surface area contributed by atoms with E-state index in [1.807, 2.05) is 0 Å². The first-order valence-corrected chi connectivity index (χ1v) is 7.57. The van der Waals surface area contributed by atoms with Crippen molar-refractivity contribution >= 4 is 5.97 Å². The van der Waals surface area contributed by atoms with Gasteiger partial charge in [-0.1, -0.05) is 11.8 Å². The van der Waals surface area contributed by atoms with E-state index in [-0.39, 0.29) is 6.61 Å². The number of carbonyl (C=O) groups is 1. The summed E-state index contributed by atoms with van der Waals surface area (Å²) in [7, 11) is 0. The van der Waals surface area contributed by atoms with Crippen LogP contribution in [0, 0.1) is 17.8 Å². The Morgan fingerprint density at radius 3 is 2.73 bits per heavy atom. The van der Waals surface area contributed by atoms with Crippen molar-refractivity contribution in [1.82, 2.24) is 0 Å². The van der Waals surface area contributed by atoms with Crippen molar-refractivity contribution in [3.63, 3.8) is 0 Å². The van der Waals surface area contributed by atoms with Gasteiger partial charge >= 0.3 is 5.97 Å². The van der Waals surface area contributed by atoms with E-state index in [0.717, 1.165) is 18.4 Å². The predicted molar refractivity (Wildman–Crippen MR) is 83.8 cm³/mol. The van der Waals surface area contributed by atoms with Gasteiger partial charge in [0.25, 0.3) is 0 Å². The van der Waals surface area contributed by atoms with Crippen molar-refractivity contribution in [2.75, 3.05) is 13.2 Å². The van der Waals surface area contributed by atoms with E-state index in [9.17, 15) is 9.90 Å². The normalized spacial score (nSPS) is 14.0.